The number of anilines is 1. The molecule has 1 aromatic rings. The highest BCUT2D eigenvalue weighted by Gasteiger charge is 2.14. The molecule has 120 valence electrons. The molecule has 0 bridgehead atoms. The van der Waals surface area contributed by atoms with Crippen LogP contribution >= 0.6 is 0 Å². The molecular formula is C17H23NO4. The van der Waals surface area contributed by atoms with E-state index in [0.29, 0.717) is 12.1 Å². The number of benzene rings is 1. The van der Waals surface area contributed by atoms with E-state index in [-0.39, 0.29) is 17.2 Å². The van der Waals surface area contributed by atoms with Crippen molar-refractivity contribution in [1.82, 2.24) is 0 Å². The molecule has 1 aliphatic carbocycles. The first-order chi connectivity index (χ1) is 10.6. The van der Waals surface area contributed by atoms with Gasteiger partial charge < -0.3 is 15.5 Å². The first kappa shape index (κ1) is 16.3. The molecule has 0 atom stereocenters. The van der Waals surface area contributed by atoms with Gasteiger partial charge in [-0.1, -0.05) is 32.1 Å². The maximum atomic E-state index is 11.9. The molecule has 5 heteroatoms. The fourth-order valence-electron chi connectivity index (χ4n) is 3.04. The molecule has 0 aromatic heterocycles. The summed E-state index contributed by atoms with van der Waals surface area (Å²) in [5.74, 6) is -0.875. The first-order valence-electron chi connectivity index (χ1n) is 7.92. The Labute approximate surface area is 130 Å². The highest BCUT2D eigenvalue weighted by Crippen LogP contribution is 2.28. The van der Waals surface area contributed by atoms with E-state index in [1.165, 1.54) is 50.3 Å². The van der Waals surface area contributed by atoms with Crippen molar-refractivity contribution in [2.75, 3.05) is 5.32 Å². The van der Waals surface area contributed by atoms with E-state index in [9.17, 15) is 14.7 Å². The largest absolute Gasteiger partial charge is 0.507 e. The number of carbonyl (C=O) groups excluding carboxylic acids is 1. The number of amides is 1. The number of phenols is 1. The van der Waals surface area contributed by atoms with Crippen molar-refractivity contribution in [3.05, 3.63) is 23.8 Å². The Hall–Kier alpha value is -2.04. The van der Waals surface area contributed by atoms with Gasteiger partial charge in [-0.05, 0) is 37.0 Å². The second-order valence-corrected chi connectivity index (χ2v) is 5.98. The third-order valence-electron chi connectivity index (χ3n) is 4.25. The van der Waals surface area contributed by atoms with Crippen LogP contribution in [0.25, 0.3) is 0 Å². The molecule has 1 saturated carbocycles. The van der Waals surface area contributed by atoms with Gasteiger partial charge in [-0.3, -0.25) is 4.79 Å². The number of carboxylic acids is 1. The average Bonchev–Trinajstić information content (AvgIpc) is 2.50. The summed E-state index contributed by atoms with van der Waals surface area (Å²) in [5, 5.41) is 21.1. The van der Waals surface area contributed by atoms with E-state index in [1.807, 2.05) is 0 Å². The van der Waals surface area contributed by atoms with Gasteiger partial charge in [0, 0.05) is 12.1 Å². The molecule has 0 saturated heterocycles. The van der Waals surface area contributed by atoms with Crippen LogP contribution in [0.15, 0.2) is 18.2 Å². The Kier molecular flexibility index (Phi) is 5.81. The fourth-order valence-corrected chi connectivity index (χ4v) is 3.04. The van der Waals surface area contributed by atoms with Gasteiger partial charge in [0.25, 0.3) is 0 Å². The van der Waals surface area contributed by atoms with Crippen molar-refractivity contribution in [1.29, 1.82) is 0 Å². The third-order valence-corrected chi connectivity index (χ3v) is 4.25. The summed E-state index contributed by atoms with van der Waals surface area (Å²) >= 11 is 0. The highest BCUT2D eigenvalue weighted by molar-refractivity contribution is 5.95. The fraction of sp³-hybridized carbons (Fsp3) is 0.529. The van der Waals surface area contributed by atoms with Gasteiger partial charge in [-0.15, -0.1) is 0 Å². The minimum atomic E-state index is -1.22. The number of aromatic carboxylic acids is 1. The molecule has 0 heterocycles. The second-order valence-electron chi connectivity index (χ2n) is 5.98. The van der Waals surface area contributed by atoms with Gasteiger partial charge in [-0.2, -0.15) is 0 Å². The second kappa shape index (κ2) is 7.82. The number of nitrogens with one attached hydrogen (secondary N) is 1. The minimum absolute atomic E-state index is 0.113. The van der Waals surface area contributed by atoms with Gasteiger partial charge in [0.05, 0.1) is 0 Å². The molecule has 1 aliphatic rings. The quantitative estimate of drug-likeness (QED) is 0.698. The SMILES string of the molecule is O=C(CCCC1CCCCC1)Nc1ccc(O)c(C(=O)O)c1. The van der Waals surface area contributed by atoms with Crippen LogP contribution in [0.2, 0.25) is 0 Å². The van der Waals surface area contributed by atoms with Crippen molar-refractivity contribution in [2.24, 2.45) is 5.92 Å². The van der Waals surface area contributed by atoms with Crippen molar-refractivity contribution in [3.8, 4) is 5.75 Å². The van der Waals surface area contributed by atoms with Crippen LogP contribution in [0, 0.1) is 5.92 Å². The normalized spacial score (nSPS) is 15.5. The molecule has 0 spiro atoms. The van der Waals surface area contributed by atoms with Crippen LogP contribution in [-0.4, -0.2) is 22.1 Å². The van der Waals surface area contributed by atoms with E-state index < -0.39 is 5.97 Å². The summed E-state index contributed by atoms with van der Waals surface area (Å²) in [6, 6.07) is 4.05. The number of carbonyl (C=O) groups is 2. The van der Waals surface area contributed by atoms with E-state index in [1.54, 1.807) is 0 Å². The average molecular weight is 305 g/mol. The van der Waals surface area contributed by atoms with Gasteiger partial charge >= 0.3 is 5.97 Å². The van der Waals surface area contributed by atoms with Crippen LogP contribution in [0.1, 0.15) is 61.7 Å². The Balaban J connectivity index is 1.79. The van der Waals surface area contributed by atoms with E-state index >= 15 is 0 Å². The Morgan fingerprint density at radius 1 is 1.18 bits per heavy atom. The van der Waals surface area contributed by atoms with E-state index in [0.717, 1.165) is 18.8 Å². The van der Waals surface area contributed by atoms with E-state index in [2.05, 4.69) is 5.32 Å². The van der Waals surface area contributed by atoms with Crippen molar-refractivity contribution in [2.45, 2.75) is 51.4 Å². The lowest BCUT2D eigenvalue weighted by molar-refractivity contribution is -0.116. The number of rotatable bonds is 6. The first-order valence-corrected chi connectivity index (χ1v) is 7.92. The highest BCUT2D eigenvalue weighted by atomic mass is 16.4. The number of carboxylic acid groups (broad SMARTS) is 1. The Bertz CT molecular complexity index is 535. The molecule has 2 rings (SSSR count). The summed E-state index contributed by atoms with van der Waals surface area (Å²) in [7, 11) is 0. The predicted molar refractivity (Wildman–Crippen MR) is 84.1 cm³/mol. The predicted octanol–water partition coefficient (Wildman–Crippen LogP) is 3.78. The zero-order valence-electron chi connectivity index (χ0n) is 12.7. The summed E-state index contributed by atoms with van der Waals surface area (Å²) in [5.41, 5.74) is 0.192. The molecule has 1 aromatic carbocycles. The number of hydrogen-bond acceptors (Lipinski definition) is 3. The molecule has 22 heavy (non-hydrogen) atoms. The Morgan fingerprint density at radius 2 is 1.91 bits per heavy atom. The summed E-state index contributed by atoms with van der Waals surface area (Å²) in [4.78, 5) is 22.8. The molecule has 0 unspecified atom stereocenters. The lowest BCUT2D eigenvalue weighted by Gasteiger charge is -2.21. The zero-order valence-corrected chi connectivity index (χ0v) is 12.7. The van der Waals surface area contributed by atoms with Gasteiger partial charge in [-0.25, -0.2) is 4.79 Å². The lowest BCUT2D eigenvalue weighted by atomic mass is 9.86. The van der Waals surface area contributed by atoms with Crippen LogP contribution < -0.4 is 5.32 Å². The molecule has 1 fully saturated rings. The maximum Gasteiger partial charge on any atom is 0.339 e. The van der Waals surface area contributed by atoms with Crippen molar-refractivity contribution >= 4 is 17.6 Å². The van der Waals surface area contributed by atoms with Crippen molar-refractivity contribution < 1.29 is 19.8 Å². The van der Waals surface area contributed by atoms with Crippen LogP contribution in [0.3, 0.4) is 0 Å². The third kappa shape index (κ3) is 4.76. The zero-order chi connectivity index (χ0) is 15.9. The molecular weight excluding hydrogens is 282 g/mol. The molecule has 0 aliphatic heterocycles. The van der Waals surface area contributed by atoms with E-state index in [4.69, 9.17) is 5.11 Å². The van der Waals surface area contributed by atoms with Gasteiger partial charge in [0.2, 0.25) is 5.91 Å². The summed E-state index contributed by atoms with van der Waals surface area (Å²) < 4.78 is 0. The monoisotopic (exact) mass is 305 g/mol. The van der Waals surface area contributed by atoms with Gasteiger partial charge in [0.1, 0.15) is 11.3 Å². The smallest absolute Gasteiger partial charge is 0.339 e. The molecule has 1 amide bonds. The number of aromatic hydroxyl groups is 1. The minimum Gasteiger partial charge on any atom is -0.507 e. The van der Waals surface area contributed by atoms with Crippen molar-refractivity contribution in [3.63, 3.8) is 0 Å². The summed E-state index contributed by atoms with van der Waals surface area (Å²) in [6.45, 7) is 0. The topological polar surface area (TPSA) is 86.6 Å². The van der Waals surface area contributed by atoms with Gasteiger partial charge in [0.15, 0.2) is 0 Å². The molecule has 3 N–H and O–H groups in total. The molecule has 5 nitrogen and oxygen atoms in total. The molecule has 0 radical (unpaired) electrons. The lowest BCUT2D eigenvalue weighted by Crippen LogP contribution is -2.13. The number of hydrogen-bond donors (Lipinski definition) is 3. The van der Waals surface area contributed by atoms with Crippen LogP contribution in [0.5, 0.6) is 5.75 Å². The summed E-state index contributed by atoms with van der Waals surface area (Å²) in [6.07, 6.45) is 8.90. The van der Waals surface area contributed by atoms with Crippen LogP contribution in [-0.2, 0) is 4.79 Å². The maximum absolute atomic E-state index is 11.9. The Morgan fingerprint density at radius 3 is 2.59 bits per heavy atom. The van der Waals surface area contributed by atoms with Crippen LogP contribution in [0.4, 0.5) is 5.69 Å². The standard InChI is InChI=1S/C17H23NO4/c19-15-10-9-13(11-14(15)17(21)22)18-16(20)8-4-7-12-5-2-1-3-6-12/h9-12,19H,1-8H2,(H,18,20)(H,21,22).